The van der Waals surface area contributed by atoms with Gasteiger partial charge in [0, 0.05) is 25.8 Å². The summed E-state index contributed by atoms with van der Waals surface area (Å²) in [6.45, 7) is 6.39. The maximum absolute atomic E-state index is 12.1. The van der Waals surface area contributed by atoms with Gasteiger partial charge in [-0.2, -0.15) is 0 Å². The number of nitrogens with zero attached hydrogens (tertiary/aromatic N) is 1. The van der Waals surface area contributed by atoms with E-state index in [2.05, 4.69) is 20.9 Å². The Balaban J connectivity index is 2.38. The molecule has 0 aliphatic heterocycles. The summed E-state index contributed by atoms with van der Waals surface area (Å²) < 4.78 is 17.3. The maximum atomic E-state index is 12.1. The van der Waals surface area contributed by atoms with Gasteiger partial charge in [0.15, 0.2) is 5.96 Å². The summed E-state index contributed by atoms with van der Waals surface area (Å²) in [4.78, 5) is 15.8. The highest BCUT2D eigenvalue weighted by atomic mass is 19.1. The summed E-state index contributed by atoms with van der Waals surface area (Å²) in [7, 11) is 1.68. The monoisotopic (exact) mass is 352 g/mol. The van der Waals surface area contributed by atoms with Crippen LogP contribution in [0.15, 0.2) is 29.3 Å². The summed E-state index contributed by atoms with van der Waals surface area (Å²) in [6.07, 6.45) is 0.800. The van der Waals surface area contributed by atoms with Crippen molar-refractivity contribution < 1.29 is 13.9 Å². The minimum absolute atomic E-state index is 0.340. The van der Waals surface area contributed by atoms with Gasteiger partial charge in [-0.15, -0.1) is 0 Å². The van der Waals surface area contributed by atoms with E-state index in [0.29, 0.717) is 31.2 Å². The fourth-order valence-electron chi connectivity index (χ4n) is 2.00. The summed E-state index contributed by atoms with van der Waals surface area (Å²) in [5.41, 5.74) is 1.29. The molecule has 6 nitrogen and oxygen atoms in total. The van der Waals surface area contributed by atoms with E-state index in [1.165, 1.54) is 0 Å². The zero-order chi connectivity index (χ0) is 18.7. The molecule has 7 heteroatoms. The number of nitrogens with one attached hydrogen (secondary N) is 3. The molecule has 0 saturated carbocycles. The number of carbonyl (C=O) groups excluding carboxylic acids is 1. The van der Waals surface area contributed by atoms with Crippen LogP contribution < -0.4 is 16.0 Å². The van der Waals surface area contributed by atoms with Crippen LogP contribution >= 0.6 is 0 Å². The van der Waals surface area contributed by atoms with Gasteiger partial charge >= 0.3 is 6.09 Å². The number of alkyl halides is 1. The van der Waals surface area contributed by atoms with Gasteiger partial charge in [-0.1, -0.05) is 12.1 Å². The Morgan fingerprint density at radius 3 is 2.36 bits per heavy atom. The lowest BCUT2D eigenvalue weighted by molar-refractivity contribution is 0.0636. The summed E-state index contributed by atoms with van der Waals surface area (Å²) in [5, 5.41) is 8.92. The van der Waals surface area contributed by atoms with E-state index in [4.69, 9.17) is 4.74 Å². The average Bonchev–Trinajstić information content (AvgIpc) is 2.53. The number of guanidine groups is 1. The molecule has 0 radical (unpaired) electrons. The highest BCUT2D eigenvalue weighted by molar-refractivity contribution is 5.84. The Morgan fingerprint density at radius 2 is 1.80 bits per heavy atom. The van der Waals surface area contributed by atoms with Gasteiger partial charge in [-0.25, -0.2) is 4.79 Å². The first-order valence-electron chi connectivity index (χ1n) is 8.43. The SMILES string of the molecule is CN=C(NCCCF)NCCc1ccc(NC(=O)OC(C)(C)C)cc1. The van der Waals surface area contributed by atoms with Gasteiger partial charge in [0.1, 0.15) is 5.60 Å². The maximum Gasteiger partial charge on any atom is 0.412 e. The average molecular weight is 352 g/mol. The molecule has 0 aliphatic rings. The van der Waals surface area contributed by atoms with Crippen molar-refractivity contribution in [3.05, 3.63) is 29.8 Å². The van der Waals surface area contributed by atoms with Crippen molar-refractivity contribution in [3.8, 4) is 0 Å². The van der Waals surface area contributed by atoms with E-state index >= 15 is 0 Å². The van der Waals surface area contributed by atoms with Crippen molar-refractivity contribution in [3.63, 3.8) is 0 Å². The summed E-state index contributed by atoms with van der Waals surface area (Å²) in [5.74, 6) is 0.664. The third-order valence-corrected chi connectivity index (χ3v) is 3.13. The molecule has 140 valence electrons. The normalized spacial score (nSPS) is 11.8. The standard InChI is InChI=1S/C18H29FN4O2/c1-18(2,3)25-17(24)23-15-8-6-14(7-9-15)10-13-22-16(20-4)21-12-5-11-19/h6-9H,5,10-13H2,1-4H3,(H,23,24)(H2,20,21,22). The second kappa shape index (κ2) is 10.5. The molecular formula is C18H29FN4O2. The predicted octanol–water partition coefficient (Wildman–Crippen LogP) is 3.10. The molecule has 0 unspecified atom stereocenters. The first-order valence-corrected chi connectivity index (χ1v) is 8.43. The molecule has 1 amide bonds. The number of rotatable bonds is 7. The second-order valence-electron chi connectivity index (χ2n) is 6.54. The molecule has 0 fully saturated rings. The number of halogens is 1. The van der Waals surface area contributed by atoms with Crippen LogP contribution in [0.3, 0.4) is 0 Å². The molecule has 1 rings (SSSR count). The molecule has 25 heavy (non-hydrogen) atoms. The van der Waals surface area contributed by atoms with Gasteiger partial charge in [0.05, 0.1) is 6.67 Å². The predicted molar refractivity (Wildman–Crippen MR) is 100.0 cm³/mol. The number of amides is 1. The molecule has 1 aromatic rings. The molecule has 1 aromatic carbocycles. The highest BCUT2D eigenvalue weighted by Gasteiger charge is 2.15. The quantitative estimate of drug-likeness (QED) is 0.400. The van der Waals surface area contributed by atoms with Gasteiger partial charge in [0.2, 0.25) is 0 Å². The Hall–Kier alpha value is -2.31. The first-order chi connectivity index (χ1) is 11.8. The van der Waals surface area contributed by atoms with E-state index in [0.717, 1.165) is 12.0 Å². The number of benzene rings is 1. The highest BCUT2D eigenvalue weighted by Crippen LogP contribution is 2.13. The Kier molecular flexibility index (Phi) is 8.74. The third kappa shape index (κ3) is 9.54. The zero-order valence-corrected chi connectivity index (χ0v) is 15.5. The van der Waals surface area contributed by atoms with E-state index in [1.54, 1.807) is 7.05 Å². The van der Waals surface area contributed by atoms with Crippen molar-refractivity contribution in [2.75, 3.05) is 32.1 Å². The fourth-order valence-corrected chi connectivity index (χ4v) is 2.00. The van der Waals surface area contributed by atoms with Crippen LogP contribution in [0.1, 0.15) is 32.8 Å². The van der Waals surface area contributed by atoms with Crippen LogP contribution in [0, 0.1) is 0 Å². The van der Waals surface area contributed by atoms with Crippen LogP contribution in [0.25, 0.3) is 0 Å². The summed E-state index contributed by atoms with van der Waals surface area (Å²) in [6, 6.07) is 7.59. The van der Waals surface area contributed by atoms with Crippen LogP contribution in [0.4, 0.5) is 14.9 Å². The number of hydrogen-bond donors (Lipinski definition) is 3. The molecule has 3 N–H and O–H groups in total. The van der Waals surface area contributed by atoms with Crippen LogP contribution in [0.2, 0.25) is 0 Å². The number of anilines is 1. The molecule has 0 bridgehead atoms. The third-order valence-electron chi connectivity index (χ3n) is 3.13. The number of aliphatic imine (C=N–C) groups is 1. The molecule has 0 saturated heterocycles. The minimum Gasteiger partial charge on any atom is -0.444 e. The van der Waals surface area contributed by atoms with Crippen molar-refractivity contribution in [1.82, 2.24) is 10.6 Å². The number of ether oxygens (including phenoxy) is 1. The Labute approximate surface area is 149 Å². The van der Waals surface area contributed by atoms with Gasteiger partial charge in [-0.3, -0.25) is 14.7 Å². The molecule has 0 aromatic heterocycles. The number of hydrogen-bond acceptors (Lipinski definition) is 3. The van der Waals surface area contributed by atoms with E-state index < -0.39 is 11.7 Å². The van der Waals surface area contributed by atoms with Crippen LogP contribution in [0.5, 0.6) is 0 Å². The van der Waals surface area contributed by atoms with Crippen molar-refractivity contribution >= 4 is 17.7 Å². The lowest BCUT2D eigenvalue weighted by Crippen LogP contribution is -2.38. The first kappa shape index (κ1) is 20.7. The molecule has 0 aliphatic carbocycles. The van der Waals surface area contributed by atoms with Crippen LogP contribution in [-0.4, -0.2) is 44.5 Å². The second-order valence-corrected chi connectivity index (χ2v) is 6.54. The Bertz CT molecular complexity index is 553. The fraction of sp³-hybridized carbons (Fsp3) is 0.556. The number of carbonyl (C=O) groups is 1. The van der Waals surface area contributed by atoms with Gasteiger partial charge in [0.25, 0.3) is 0 Å². The van der Waals surface area contributed by atoms with Crippen molar-refractivity contribution in [1.29, 1.82) is 0 Å². The minimum atomic E-state index is -0.521. The topological polar surface area (TPSA) is 74.8 Å². The van der Waals surface area contributed by atoms with Gasteiger partial charge < -0.3 is 15.4 Å². The largest absolute Gasteiger partial charge is 0.444 e. The summed E-state index contributed by atoms with van der Waals surface area (Å²) >= 11 is 0. The van der Waals surface area contributed by atoms with E-state index in [-0.39, 0.29) is 6.67 Å². The van der Waals surface area contributed by atoms with E-state index in [1.807, 2.05) is 45.0 Å². The zero-order valence-electron chi connectivity index (χ0n) is 15.5. The Morgan fingerprint density at radius 1 is 1.16 bits per heavy atom. The molecular weight excluding hydrogens is 323 g/mol. The van der Waals surface area contributed by atoms with Crippen molar-refractivity contribution in [2.24, 2.45) is 4.99 Å². The van der Waals surface area contributed by atoms with Gasteiger partial charge in [-0.05, 0) is 51.3 Å². The smallest absolute Gasteiger partial charge is 0.412 e. The lowest BCUT2D eigenvalue weighted by atomic mass is 10.1. The molecule has 0 atom stereocenters. The van der Waals surface area contributed by atoms with Crippen molar-refractivity contribution in [2.45, 2.75) is 39.2 Å². The van der Waals surface area contributed by atoms with Crippen LogP contribution in [-0.2, 0) is 11.2 Å². The molecule has 0 heterocycles. The lowest BCUT2D eigenvalue weighted by Gasteiger charge is -2.19. The van der Waals surface area contributed by atoms with E-state index in [9.17, 15) is 9.18 Å². The molecule has 0 spiro atoms.